The summed E-state index contributed by atoms with van der Waals surface area (Å²) in [5, 5.41) is 5.11. The Bertz CT molecular complexity index is 302. The highest BCUT2D eigenvalue weighted by atomic mass is 32.1. The van der Waals surface area contributed by atoms with Gasteiger partial charge in [0.05, 0.1) is 6.20 Å². The lowest BCUT2D eigenvalue weighted by molar-refractivity contribution is 0.362. The van der Waals surface area contributed by atoms with Crippen molar-refractivity contribution in [1.29, 1.82) is 0 Å². The highest BCUT2D eigenvalue weighted by Crippen LogP contribution is 2.37. The van der Waals surface area contributed by atoms with Crippen molar-refractivity contribution < 1.29 is 0 Å². The Hall–Kier alpha value is -0.770. The van der Waals surface area contributed by atoms with E-state index in [-0.39, 0.29) is 0 Å². The van der Waals surface area contributed by atoms with Crippen LogP contribution in [0.3, 0.4) is 0 Å². The van der Waals surface area contributed by atoms with Crippen molar-refractivity contribution in [3.8, 4) is 0 Å². The van der Waals surface area contributed by atoms with Crippen molar-refractivity contribution in [3.05, 3.63) is 6.20 Å². The van der Waals surface area contributed by atoms with E-state index in [2.05, 4.69) is 17.2 Å². The predicted octanol–water partition coefficient (Wildman–Crippen LogP) is 2.72. The second kappa shape index (κ2) is 3.77. The van der Waals surface area contributed by atoms with Gasteiger partial charge < -0.3 is 11.1 Å². The first-order chi connectivity index (χ1) is 6.68. The summed E-state index contributed by atoms with van der Waals surface area (Å²) in [5.41, 5.74) is 6.08. The van der Waals surface area contributed by atoms with Crippen molar-refractivity contribution in [2.45, 2.75) is 32.6 Å². The number of rotatable bonds is 3. The van der Waals surface area contributed by atoms with Crippen LogP contribution in [0, 0.1) is 5.41 Å². The molecule has 2 rings (SSSR count). The summed E-state index contributed by atoms with van der Waals surface area (Å²) < 4.78 is 0. The Kier molecular flexibility index (Phi) is 2.63. The lowest BCUT2D eigenvalue weighted by Gasteiger charge is -2.23. The van der Waals surface area contributed by atoms with Crippen LogP contribution in [0.5, 0.6) is 0 Å². The Balaban J connectivity index is 1.87. The molecule has 1 aliphatic carbocycles. The van der Waals surface area contributed by atoms with Gasteiger partial charge in [-0.15, -0.1) is 0 Å². The van der Waals surface area contributed by atoms with Gasteiger partial charge in [0.1, 0.15) is 5.00 Å². The zero-order valence-corrected chi connectivity index (χ0v) is 9.36. The highest BCUT2D eigenvalue weighted by molar-refractivity contribution is 7.19. The Labute approximate surface area is 88.7 Å². The maximum absolute atomic E-state index is 5.61. The summed E-state index contributed by atoms with van der Waals surface area (Å²) in [6.45, 7) is 3.38. The lowest BCUT2D eigenvalue weighted by Crippen LogP contribution is -2.22. The lowest BCUT2D eigenvalue weighted by atomic mass is 9.89. The summed E-state index contributed by atoms with van der Waals surface area (Å²) in [5.74, 6) is 0. The molecule has 78 valence electrons. The molecule has 1 aliphatic rings. The number of anilines is 2. The van der Waals surface area contributed by atoms with Gasteiger partial charge >= 0.3 is 0 Å². The number of nitrogen functional groups attached to an aromatic ring is 1. The Morgan fingerprint density at radius 2 is 2.29 bits per heavy atom. The molecule has 1 aromatic rings. The summed E-state index contributed by atoms with van der Waals surface area (Å²) >= 11 is 1.53. The minimum Gasteiger partial charge on any atom is -0.389 e. The summed E-state index contributed by atoms with van der Waals surface area (Å²) in [7, 11) is 0. The first-order valence-electron chi connectivity index (χ1n) is 5.13. The van der Waals surface area contributed by atoms with Gasteiger partial charge in [0.2, 0.25) is 0 Å². The molecule has 0 unspecified atom stereocenters. The van der Waals surface area contributed by atoms with E-state index in [9.17, 15) is 0 Å². The number of nitrogens with one attached hydrogen (secondary N) is 1. The van der Waals surface area contributed by atoms with Crippen LogP contribution in [0.15, 0.2) is 6.20 Å². The molecule has 1 fully saturated rings. The molecule has 0 bridgehead atoms. The molecule has 0 aromatic carbocycles. The van der Waals surface area contributed by atoms with Crippen LogP contribution in [-0.4, -0.2) is 11.5 Å². The van der Waals surface area contributed by atoms with E-state index in [1.165, 1.54) is 37.0 Å². The van der Waals surface area contributed by atoms with Crippen LogP contribution in [0.4, 0.5) is 10.1 Å². The number of thiazole rings is 1. The highest BCUT2D eigenvalue weighted by Gasteiger charge is 2.28. The molecular formula is C10H17N3S. The molecule has 0 spiro atoms. The quantitative estimate of drug-likeness (QED) is 0.808. The Morgan fingerprint density at radius 1 is 1.57 bits per heavy atom. The average molecular weight is 211 g/mol. The number of aromatic nitrogens is 1. The molecule has 0 saturated heterocycles. The van der Waals surface area contributed by atoms with Gasteiger partial charge in [-0.2, -0.15) is 0 Å². The summed E-state index contributed by atoms with van der Waals surface area (Å²) in [6, 6.07) is 0. The predicted molar refractivity (Wildman–Crippen MR) is 61.6 cm³/mol. The molecular weight excluding hydrogens is 194 g/mol. The van der Waals surface area contributed by atoms with Crippen molar-refractivity contribution in [2.75, 3.05) is 17.6 Å². The zero-order valence-electron chi connectivity index (χ0n) is 8.55. The molecule has 4 heteroatoms. The molecule has 0 aliphatic heterocycles. The largest absolute Gasteiger partial charge is 0.389 e. The maximum Gasteiger partial charge on any atom is 0.184 e. The van der Waals surface area contributed by atoms with Crippen molar-refractivity contribution in [3.63, 3.8) is 0 Å². The molecule has 0 radical (unpaired) electrons. The molecule has 0 amide bonds. The first kappa shape index (κ1) is 9.77. The van der Waals surface area contributed by atoms with E-state index < -0.39 is 0 Å². The summed E-state index contributed by atoms with van der Waals surface area (Å²) in [6.07, 6.45) is 7.13. The summed E-state index contributed by atoms with van der Waals surface area (Å²) in [4.78, 5) is 4.19. The van der Waals surface area contributed by atoms with Gasteiger partial charge in [-0.25, -0.2) is 4.98 Å². The molecule has 1 aromatic heterocycles. The second-order valence-electron chi connectivity index (χ2n) is 4.44. The smallest absolute Gasteiger partial charge is 0.184 e. The van der Waals surface area contributed by atoms with E-state index in [0.29, 0.717) is 5.41 Å². The van der Waals surface area contributed by atoms with E-state index in [0.717, 1.165) is 16.7 Å². The minimum absolute atomic E-state index is 0.473. The van der Waals surface area contributed by atoms with Crippen LogP contribution < -0.4 is 11.1 Å². The molecule has 0 atom stereocenters. The minimum atomic E-state index is 0.473. The van der Waals surface area contributed by atoms with Gasteiger partial charge in [-0.1, -0.05) is 31.1 Å². The normalized spacial score (nSPS) is 19.8. The van der Waals surface area contributed by atoms with Gasteiger partial charge in [-0.3, -0.25) is 0 Å². The van der Waals surface area contributed by atoms with Crippen LogP contribution in [-0.2, 0) is 0 Å². The maximum atomic E-state index is 5.61. The molecule has 3 nitrogen and oxygen atoms in total. The monoisotopic (exact) mass is 211 g/mol. The molecule has 3 N–H and O–H groups in total. The van der Waals surface area contributed by atoms with Crippen LogP contribution in [0.1, 0.15) is 32.6 Å². The number of hydrogen-bond acceptors (Lipinski definition) is 4. The van der Waals surface area contributed by atoms with Crippen molar-refractivity contribution in [2.24, 2.45) is 5.41 Å². The van der Waals surface area contributed by atoms with Gasteiger partial charge in [0.25, 0.3) is 0 Å². The molecule has 1 heterocycles. The van der Waals surface area contributed by atoms with Gasteiger partial charge in [-0.05, 0) is 18.3 Å². The number of hydrogen-bond donors (Lipinski definition) is 2. The molecule has 1 saturated carbocycles. The number of nitrogens with zero attached hydrogens (tertiary/aromatic N) is 1. The molecule has 14 heavy (non-hydrogen) atoms. The fourth-order valence-corrected chi connectivity index (χ4v) is 2.64. The average Bonchev–Trinajstić information content (AvgIpc) is 2.73. The zero-order chi connectivity index (χ0) is 10.0. The van der Waals surface area contributed by atoms with E-state index in [1.807, 2.05) is 0 Å². The van der Waals surface area contributed by atoms with E-state index in [1.54, 1.807) is 6.20 Å². The van der Waals surface area contributed by atoms with E-state index >= 15 is 0 Å². The van der Waals surface area contributed by atoms with Crippen molar-refractivity contribution in [1.82, 2.24) is 4.98 Å². The third-order valence-electron chi connectivity index (χ3n) is 3.00. The van der Waals surface area contributed by atoms with Crippen LogP contribution in [0.2, 0.25) is 0 Å². The first-order valence-corrected chi connectivity index (χ1v) is 5.95. The fraction of sp³-hybridized carbons (Fsp3) is 0.700. The van der Waals surface area contributed by atoms with E-state index in [4.69, 9.17) is 5.73 Å². The fourth-order valence-electron chi connectivity index (χ4n) is 2.06. The number of nitrogens with two attached hydrogens (primary N) is 1. The Morgan fingerprint density at radius 3 is 2.86 bits per heavy atom. The van der Waals surface area contributed by atoms with Crippen LogP contribution in [0.25, 0.3) is 0 Å². The third kappa shape index (κ3) is 2.18. The second-order valence-corrected chi connectivity index (χ2v) is 5.50. The third-order valence-corrected chi connectivity index (χ3v) is 3.78. The van der Waals surface area contributed by atoms with Gasteiger partial charge in [0, 0.05) is 6.54 Å². The topological polar surface area (TPSA) is 50.9 Å². The standard InChI is InChI=1S/C10H17N3S/c1-10(4-2-3-5-10)7-13-9-12-6-8(11)14-9/h6H,2-5,7,11H2,1H3,(H,12,13). The van der Waals surface area contributed by atoms with Crippen LogP contribution >= 0.6 is 11.3 Å². The van der Waals surface area contributed by atoms with Crippen molar-refractivity contribution >= 4 is 21.5 Å². The van der Waals surface area contributed by atoms with Gasteiger partial charge in [0.15, 0.2) is 5.13 Å². The SMILES string of the molecule is CC1(CNc2ncc(N)s2)CCCC1.